The number of aryl methyl sites for hydroxylation is 1. The molecule has 6 nitrogen and oxygen atoms in total. The molecule has 0 unspecified atom stereocenters. The van der Waals surface area contributed by atoms with Gasteiger partial charge in [0.05, 0.1) is 30.3 Å². The van der Waals surface area contributed by atoms with Crippen LogP contribution in [-0.4, -0.2) is 36.8 Å². The van der Waals surface area contributed by atoms with Crippen LogP contribution < -0.4 is 9.88 Å². The largest absolute Gasteiger partial charge is 0.274 e. The first-order valence-corrected chi connectivity index (χ1v) is 11.0. The molecule has 0 aliphatic carbocycles. The maximum Gasteiger partial charge on any atom is 0.274 e. The van der Waals surface area contributed by atoms with Crippen molar-refractivity contribution in [2.75, 3.05) is 23.5 Å². The summed E-state index contributed by atoms with van der Waals surface area (Å²) in [5.41, 5.74) is 4.28. The van der Waals surface area contributed by atoms with E-state index in [4.69, 9.17) is 0 Å². The average Bonchev–Trinajstić information content (AvgIpc) is 3.14. The van der Waals surface area contributed by atoms with E-state index in [9.17, 15) is 8.42 Å². The maximum absolute atomic E-state index is 11.8. The van der Waals surface area contributed by atoms with Gasteiger partial charge >= 0.3 is 0 Å². The summed E-state index contributed by atoms with van der Waals surface area (Å²) in [6.45, 7) is 4.75. The molecule has 27 heavy (non-hydrogen) atoms. The Bertz CT molecular complexity index is 1100. The Morgan fingerprint density at radius 1 is 1.22 bits per heavy atom. The van der Waals surface area contributed by atoms with E-state index in [1.54, 1.807) is 0 Å². The zero-order valence-corrected chi connectivity index (χ0v) is 16.8. The van der Waals surface area contributed by atoms with Gasteiger partial charge in [-0.05, 0) is 32.4 Å². The highest BCUT2D eigenvalue weighted by Gasteiger charge is 2.32. The van der Waals surface area contributed by atoms with Gasteiger partial charge < -0.3 is 0 Å². The number of aromatic nitrogens is 3. The monoisotopic (exact) mass is 385 g/mol. The van der Waals surface area contributed by atoms with Gasteiger partial charge in [-0.25, -0.2) is 13.4 Å². The topological polar surface area (TPSA) is 69.3 Å². The number of rotatable bonds is 4. The molecule has 0 bridgehead atoms. The summed E-state index contributed by atoms with van der Waals surface area (Å²) in [7, 11) is -0.875. The second kappa shape index (κ2) is 6.64. The Labute approximate surface area is 159 Å². The number of sulfone groups is 1. The van der Waals surface area contributed by atoms with Crippen LogP contribution in [0.3, 0.4) is 0 Å². The fourth-order valence-corrected chi connectivity index (χ4v) is 5.59. The van der Waals surface area contributed by atoms with E-state index in [0.29, 0.717) is 13.0 Å². The number of anilines is 1. The molecule has 7 heteroatoms. The molecule has 2 aromatic heterocycles. The number of nitrogens with zero attached hydrogens (tertiary/aromatic N) is 3. The highest BCUT2D eigenvalue weighted by atomic mass is 32.2. The number of fused-ring (bicyclic) bond motifs is 1. The second-order valence-electron chi connectivity index (χ2n) is 7.44. The van der Waals surface area contributed by atoms with Gasteiger partial charge in [-0.3, -0.25) is 9.58 Å². The van der Waals surface area contributed by atoms with Crippen LogP contribution in [0.4, 0.5) is 5.82 Å². The van der Waals surface area contributed by atoms with Crippen molar-refractivity contribution in [1.82, 2.24) is 9.78 Å². The fourth-order valence-electron chi connectivity index (χ4n) is 3.90. The predicted molar refractivity (Wildman–Crippen MR) is 107 cm³/mol. The summed E-state index contributed by atoms with van der Waals surface area (Å²) in [5, 5.41) is 5.85. The first kappa shape index (κ1) is 18.0. The Kier molecular flexibility index (Phi) is 4.42. The van der Waals surface area contributed by atoms with Crippen molar-refractivity contribution in [3.05, 3.63) is 53.3 Å². The molecular formula is C20H25N4O2S+. The molecule has 1 aliphatic heterocycles. The molecule has 3 aromatic rings. The van der Waals surface area contributed by atoms with Crippen LogP contribution in [0.15, 0.2) is 36.4 Å². The minimum absolute atomic E-state index is 0.0417. The van der Waals surface area contributed by atoms with Gasteiger partial charge in [0.15, 0.2) is 9.84 Å². The number of para-hydroxylation sites is 1. The van der Waals surface area contributed by atoms with Crippen LogP contribution in [0.1, 0.15) is 29.4 Å². The maximum atomic E-state index is 11.8. The zero-order valence-electron chi connectivity index (χ0n) is 15.9. The third-order valence-corrected chi connectivity index (χ3v) is 7.23. The van der Waals surface area contributed by atoms with Crippen LogP contribution in [0.25, 0.3) is 10.9 Å². The standard InChI is InChI=1S/C20H24N4O2S/c1-14-18(15(2)24(22-14)17-10-11-27(25,26)13-17)12-23(3)20-9-8-16-6-4-5-7-19(16)21-20/h4-9,17H,10-13H2,1-3H3/p+1/t17-/m1/s1. The van der Waals surface area contributed by atoms with Gasteiger partial charge in [-0.2, -0.15) is 5.10 Å². The van der Waals surface area contributed by atoms with Crippen LogP contribution in [0.2, 0.25) is 0 Å². The molecule has 142 valence electrons. The summed E-state index contributed by atoms with van der Waals surface area (Å²) in [5.74, 6) is 1.49. The average molecular weight is 386 g/mol. The predicted octanol–water partition coefficient (Wildman–Crippen LogP) is 2.46. The molecule has 1 aromatic carbocycles. The van der Waals surface area contributed by atoms with Crippen LogP contribution >= 0.6 is 0 Å². The number of hydrogen-bond donors (Lipinski definition) is 0. The number of hydrogen-bond acceptors (Lipinski definition) is 4. The summed E-state index contributed by atoms with van der Waals surface area (Å²) >= 11 is 0. The Hall–Kier alpha value is -2.41. The van der Waals surface area contributed by atoms with Crippen molar-refractivity contribution >= 4 is 26.6 Å². The lowest BCUT2D eigenvalue weighted by Crippen LogP contribution is -2.25. The molecule has 1 aliphatic rings. The van der Waals surface area contributed by atoms with Gasteiger partial charge in [0, 0.05) is 22.7 Å². The molecule has 1 saturated heterocycles. The van der Waals surface area contributed by atoms with E-state index in [0.717, 1.165) is 28.3 Å². The SMILES string of the molecule is Cc1nn([C@@H]2CCS(=O)(=O)C2)c(C)c1CN(C)c1ccc2ccccc2[nH+]1. The first-order valence-electron chi connectivity index (χ1n) is 9.21. The first-order chi connectivity index (χ1) is 12.8. The number of H-pyrrole nitrogens is 1. The third kappa shape index (κ3) is 3.43. The normalized spacial score (nSPS) is 18.9. The van der Waals surface area contributed by atoms with Crippen molar-refractivity contribution in [3.63, 3.8) is 0 Å². The molecule has 0 radical (unpaired) electrons. The van der Waals surface area contributed by atoms with Gasteiger partial charge in [0.25, 0.3) is 5.82 Å². The lowest BCUT2D eigenvalue weighted by molar-refractivity contribution is -0.330. The zero-order chi connectivity index (χ0) is 19.2. The van der Waals surface area contributed by atoms with Crippen LogP contribution in [0, 0.1) is 13.8 Å². The highest BCUT2D eigenvalue weighted by Crippen LogP contribution is 2.27. The van der Waals surface area contributed by atoms with Gasteiger partial charge in [-0.1, -0.05) is 18.2 Å². The molecule has 1 fully saturated rings. The summed E-state index contributed by atoms with van der Waals surface area (Å²) in [6.07, 6.45) is 0.651. The lowest BCUT2D eigenvalue weighted by atomic mass is 10.1. The molecule has 0 spiro atoms. The molecule has 0 amide bonds. The minimum atomic E-state index is -2.93. The highest BCUT2D eigenvalue weighted by molar-refractivity contribution is 7.91. The van der Waals surface area contributed by atoms with Gasteiger partial charge in [-0.15, -0.1) is 0 Å². The van der Waals surface area contributed by atoms with E-state index in [2.05, 4.69) is 46.3 Å². The quantitative estimate of drug-likeness (QED) is 0.692. The minimum Gasteiger partial charge on any atom is -0.265 e. The van der Waals surface area contributed by atoms with E-state index in [-0.39, 0.29) is 17.5 Å². The van der Waals surface area contributed by atoms with Gasteiger partial charge in [0.2, 0.25) is 0 Å². The third-order valence-electron chi connectivity index (χ3n) is 5.48. The molecular weight excluding hydrogens is 360 g/mol. The molecule has 0 saturated carbocycles. The fraction of sp³-hybridized carbons (Fsp3) is 0.400. The molecule has 4 rings (SSSR count). The lowest BCUT2D eigenvalue weighted by Gasteiger charge is -2.14. The van der Waals surface area contributed by atoms with Crippen LogP contribution in [-0.2, 0) is 16.4 Å². The van der Waals surface area contributed by atoms with Crippen molar-refractivity contribution in [2.45, 2.75) is 32.9 Å². The van der Waals surface area contributed by atoms with Crippen molar-refractivity contribution in [1.29, 1.82) is 0 Å². The number of benzene rings is 1. The van der Waals surface area contributed by atoms with Crippen molar-refractivity contribution in [3.8, 4) is 0 Å². The number of aromatic amines is 1. The Morgan fingerprint density at radius 3 is 2.74 bits per heavy atom. The number of nitrogens with one attached hydrogen (secondary N) is 1. The van der Waals surface area contributed by atoms with Crippen LogP contribution in [0.5, 0.6) is 0 Å². The molecule has 3 heterocycles. The van der Waals surface area contributed by atoms with Crippen molar-refractivity contribution in [2.24, 2.45) is 0 Å². The summed E-state index contributed by atoms with van der Waals surface area (Å²) in [4.78, 5) is 5.64. The van der Waals surface area contributed by atoms with Gasteiger partial charge in [0.1, 0.15) is 12.1 Å². The van der Waals surface area contributed by atoms with E-state index < -0.39 is 9.84 Å². The second-order valence-corrected chi connectivity index (χ2v) is 9.67. The smallest absolute Gasteiger partial charge is 0.265 e. The molecule has 1 atom stereocenters. The van der Waals surface area contributed by atoms with E-state index in [1.165, 1.54) is 5.39 Å². The molecule has 1 N–H and O–H groups in total. The Morgan fingerprint density at radius 2 is 2.00 bits per heavy atom. The van der Waals surface area contributed by atoms with E-state index in [1.807, 2.05) is 30.7 Å². The Balaban J connectivity index is 1.60. The number of pyridine rings is 1. The summed E-state index contributed by atoms with van der Waals surface area (Å²) in [6, 6.07) is 12.4. The van der Waals surface area contributed by atoms with E-state index >= 15 is 0 Å². The van der Waals surface area contributed by atoms with Crippen molar-refractivity contribution < 1.29 is 13.4 Å². The summed E-state index contributed by atoms with van der Waals surface area (Å²) < 4.78 is 25.6.